The lowest BCUT2D eigenvalue weighted by molar-refractivity contribution is -0.115. The number of nitrogens with one attached hydrogen (secondary N) is 2. The van der Waals surface area contributed by atoms with Crippen molar-refractivity contribution < 1.29 is 9.59 Å². The average molecular weight is 407 g/mol. The van der Waals surface area contributed by atoms with E-state index in [9.17, 15) is 9.59 Å². The van der Waals surface area contributed by atoms with E-state index in [1.165, 1.54) is 24.2 Å². The van der Waals surface area contributed by atoms with Gasteiger partial charge in [-0.2, -0.15) is 0 Å². The Hall–Kier alpha value is -1.96. The van der Waals surface area contributed by atoms with Crippen molar-refractivity contribution >= 4 is 39.9 Å². The number of piperidine rings is 1. The molecule has 6 nitrogen and oxygen atoms in total. The quantitative estimate of drug-likeness (QED) is 0.771. The van der Waals surface area contributed by atoms with E-state index in [0.29, 0.717) is 15.7 Å². The summed E-state index contributed by atoms with van der Waals surface area (Å²) in [4.78, 5) is 31.0. The van der Waals surface area contributed by atoms with Gasteiger partial charge < -0.3 is 10.6 Å². The number of benzene rings is 1. The number of carbonyl (C=O) groups is 2. The van der Waals surface area contributed by atoms with Gasteiger partial charge in [0.2, 0.25) is 5.91 Å². The number of likely N-dealkylation sites (tertiary alicyclic amines) is 1. The molecular formula is C19H23ClN4O2S. The number of thiazole rings is 1. The van der Waals surface area contributed by atoms with Gasteiger partial charge in [-0.05, 0) is 49.6 Å². The zero-order valence-electron chi connectivity index (χ0n) is 15.2. The van der Waals surface area contributed by atoms with Crippen LogP contribution in [0.4, 0.5) is 5.13 Å². The summed E-state index contributed by atoms with van der Waals surface area (Å²) in [6, 6.07) is 6.50. The number of amides is 2. The SMILES string of the molecule is C[C@H]1CCCN(Cc2csc(NC(=O)CNC(=O)c3ccc(Cl)cc3)n2)C1. The zero-order valence-corrected chi connectivity index (χ0v) is 16.8. The highest BCUT2D eigenvalue weighted by molar-refractivity contribution is 7.13. The zero-order chi connectivity index (χ0) is 19.2. The number of hydrogen-bond acceptors (Lipinski definition) is 5. The van der Waals surface area contributed by atoms with E-state index < -0.39 is 0 Å². The van der Waals surface area contributed by atoms with Gasteiger partial charge in [-0.3, -0.25) is 14.5 Å². The van der Waals surface area contributed by atoms with Crippen LogP contribution >= 0.6 is 22.9 Å². The maximum Gasteiger partial charge on any atom is 0.251 e. The molecular weight excluding hydrogens is 384 g/mol. The second-order valence-electron chi connectivity index (χ2n) is 6.86. The summed E-state index contributed by atoms with van der Waals surface area (Å²) in [5, 5.41) is 8.42. The molecule has 144 valence electrons. The van der Waals surface area contributed by atoms with Crippen LogP contribution in [0.5, 0.6) is 0 Å². The highest BCUT2D eigenvalue weighted by Crippen LogP contribution is 2.20. The van der Waals surface area contributed by atoms with E-state index in [4.69, 9.17) is 11.6 Å². The van der Waals surface area contributed by atoms with Gasteiger partial charge in [-0.25, -0.2) is 4.98 Å². The topological polar surface area (TPSA) is 74.3 Å². The molecule has 0 radical (unpaired) electrons. The van der Waals surface area contributed by atoms with Gasteiger partial charge in [0.15, 0.2) is 5.13 Å². The fraction of sp³-hybridized carbons (Fsp3) is 0.421. The fourth-order valence-corrected chi connectivity index (χ4v) is 3.97. The molecule has 0 spiro atoms. The molecule has 0 unspecified atom stereocenters. The van der Waals surface area contributed by atoms with Gasteiger partial charge >= 0.3 is 0 Å². The highest BCUT2D eigenvalue weighted by Gasteiger charge is 2.17. The summed E-state index contributed by atoms with van der Waals surface area (Å²) < 4.78 is 0. The molecule has 3 rings (SSSR count). The summed E-state index contributed by atoms with van der Waals surface area (Å²) >= 11 is 7.20. The summed E-state index contributed by atoms with van der Waals surface area (Å²) in [7, 11) is 0. The van der Waals surface area contributed by atoms with Gasteiger partial charge in [0.1, 0.15) is 0 Å². The number of rotatable bonds is 6. The van der Waals surface area contributed by atoms with Crippen molar-refractivity contribution in [2.75, 3.05) is 25.0 Å². The maximum atomic E-state index is 12.1. The molecule has 2 amide bonds. The number of carbonyl (C=O) groups excluding carboxylic acids is 2. The molecule has 1 saturated heterocycles. The monoisotopic (exact) mass is 406 g/mol. The molecule has 2 heterocycles. The van der Waals surface area contributed by atoms with Crippen molar-refractivity contribution in [2.45, 2.75) is 26.3 Å². The Bertz CT molecular complexity index is 793. The summed E-state index contributed by atoms with van der Waals surface area (Å²) in [6.07, 6.45) is 2.51. The minimum absolute atomic E-state index is 0.111. The normalized spacial score (nSPS) is 17.5. The summed E-state index contributed by atoms with van der Waals surface area (Å²) in [5.74, 6) is 0.103. The third kappa shape index (κ3) is 6.02. The third-order valence-electron chi connectivity index (χ3n) is 4.44. The molecule has 1 aromatic carbocycles. The molecule has 1 atom stereocenters. The molecule has 1 fully saturated rings. The van der Waals surface area contributed by atoms with Gasteiger partial charge in [-0.1, -0.05) is 18.5 Å². The summed E-state index contributed by atoms with van der Waals surface area (Å²) in [5.41, 5.74) is 1.43. The van der Waals surface area contributed by atoms with Crippen LogP contribution in [0.3, 0.4) is 0 Å². The molecule has 0 saturated carbocycles. The smallest absolute Gasteiger partial charge is 0.251 e. The van der Waals surface area contributed by atoms with Gasteiger partial charge in [0.05, 0.1) is 12.2 Å². The molecule has 2 aromatic rings. The van der Waals surface area contributed by atoms with Crippen LogP contribution in [-0.4, -0.2) is 41.3 Å². The number of hydrogen-bond donors (Lipinski definition) is 2. The molecule has 2 N–H and O–H groups in total. The minimum Gasteiger partial charge on any atom is -0.343 e. The van der Waals surface area contributed by atoms with E-state index in [0.717, 1.165) is 31.2 Å². The highest BCUT2D eigenvalue weighted by atomic mass is 35.5. The second kappa shape index (κ2) is 9.30. The lowest BCUT2D eigenvalue weighted by Gasteiger charge is -2.30. The van der Waals surface area contributed by atoms with Crippen LogP contribution in [0.2, 0.25) is 5.02 Å². The Morgan fingerprint density at radius 2 is 2.11 bits per heavy atom. The van der Waals surface area contributed by atoms with Gasteiger partial charge in [0.25, 0.3) is 5.91 Å². The van der Waals surface area contributed by atoms with Crippen LogP contribution in [-0.2, 0) is 11.3 Å². The lowest BCUT2D eigenvalue weighted by Crippen LogP contribution is -2.34. The Balaban J connectivity index is 1.45. The Morgan fingerprint density at radius 1 is 1.33 bits per heavy atom. The molecule has 8 heteroatoms. The van der Waals surface area contributed by atoms with Crippen LogP contribution in [0.1, 0.15) is 35.8 Å². The lowest BCUT2D eigenvalue weighted by atomic mass is 10.0. The van der Waals surface area contributed by atoms with Crippen molar-refractivity contribution in [3.8, 4) is 0 Å². The van der Waals surface area contributed by atoms with Crippen LogP contribution < -0.4 is 10.6 Å². The first-order valence-corrected chi connectivity index (χ1v) is 10.3. The van der Waals surface area contributed by atoms with Crippen molar-refractivity contribution in [3.05, 3.63) is 45.9 Å². The first-order valence-electron chi connectivity index (χ1n) is 9.00. The van der Waals surface area contributed by atoms with E-state index in [2.05, 4.69) is 27.4 Å². The van der Waals surface area contributed by atoms with Gasteiger partial charge in [-0.15, -0.1) is 11.3 Å². The molecule has 1 aliphatic rings. The van der Waals surface area contributed by atoms with E-state index in [1.54, 1.807) is 24.3 Å². The third-order valence-corrected chi connectivity index (χ3v) is 5.50. The molecule has 0 aliphatic carbocycles. The number of anilines is 1. The fourth-order valence-electron chi connectivity index (χ4n) is 3.12. The van der Waals surface area contributed by atoms with Crippen molar-refractivity contribution in [1.29, 1.82) is 0 Å². The van der Waals surface area contributed by atoms with E-state index in [1.807, 2.05) is 5.38 Å². The maximum absolute atomic E-state index is 12.1. The minimum atomic E-state index is -0.319. The second-order valence-corrected chi connectivity index (χ2v) is 8.16. The summed E-state index contributed by atoms with van der Waals surface area (Å²) in [6.45, 7) is 5.16. The van der Waals surface area contributed by atoms with E-state index in [-0.39, 0.29) is 18.4 Å². The molecule has 1 aliphatic heterocycles. The Morgan fingerprint density at radius 3 is 2.85 bits per heavy atom. The van der Waals surface area contributed by atoms with Crippen molar-refractivity contribution in [3.63, 3.8) is 0 Å². The van der Waals surface area contributed by atoms with Crippen molar-refractivity contribution in [2.24, 2.45) is 5.92 Å². The van der Waals surface area contributed by atoms with E-state index >= 15 is 0 Å². The van der Waals surface area contributed by atoms with Crippen LogP contribution in [0.15, 0.2) is 29.6 Å². The molecule has 0 bridgehead atoms. The standard InChI is InChI=1S/C19H23ClN4O2S/c1-13-3-2-8-24(10-13)11-16-12-27-19(22-16)23-17(25)9-21-18(26)14-4-6-15(20)7-5-14/h4-7,12-13H,2-3,8-11H2,1H3,(H,21,26)(H,22,23,25)/t13-/m0/s1. The Kier molecular flexibility index (Phi) is 6.82. The predicted octanol–water partition coefficient (Wildman–Crippen LogP) is 3.40. The number of aromatic nitrogens is 1. The van der Waals surface area contributed by atoms with Crippen molar-refractivity contribution in [1.82, 2.24) is 15.2 Å². The first-order chi connectivity index (χ1) is 13.0. The number of halogens is 1. The predicted molar refractivity (Wildman–Crippen MR) is 108 cm³/mol. The molecule has 27 heavy (non-hydrogen) atoms. The average Bonchev–Trinajstić information content (AvgIpc) is 3.07. The largest absolute Gasteiger partial charge is 0.343 e. The number of nitrogens with zero attached hydrogens (tertiary/aromatic N) is 2. The van der Waals surface area contributed by atoms with Crippen LogP contribution in [0.25, 0.3) is 0 Å². The van der Waals surface area contributed by atoms with Crippen LogP contribution in [0, 0.1) is 5.92 Å². The van der Waals surface area contributed by atoms with Gasteiger partial charge in [0, 0.05) is 29.1 Å². The first kappa shape index (κ1) is 19.8. The Labute approximate surface area is 167 Å². The molecule has 1 aromatic heterocycles.